The highest BCUT2D eigenvalue weighted by atomic mass is 35.5. The zero-order valence-corrected chi connectivity index (χ0v) is 14.9. The average Bonchev–Trinajstić information content (AvgIpc) is 2.92. The molecule has 0 spiro atoms. The van der Waals surface area contributed by atoms with Crippen molar-refractivity contribution in [3.05, 3.63) is 46.6 Å². The van der Waals surface area contributed by atoms with Gasteiger partial charge in [-0.1, -0.05) is 23.7 Å². The number of fused-ring (bicyclic) bond motifs is 1. The number of nitrogens with zero attached hydrogens (tertiary/aromatic N) is 4. The predicted octanol–water partition coefficient (Wildman–Crippen LogP) is 4.44. The maximum Gasteiger partial charge on any atom is 0.144 e. The Kier molecular flexibility index (Phi) is 3.91. The van der Waals surface area contributed by atoms with Gasteiger partial charge in [0.2, 0.25) is 0 Å². The molecular weight excluding hydrogens is 334 g/mol. The van der Waals surface area contributed by atoms with Gasteiger partial charge in [0.05, 0.1) is 5.56 Å². The third kappa shape index (κ3) is 2.69. The van der Waals surface area contributed by atoms with Crippen LogP contribution in [0.25, 0.3) is 22.2 Å². The minimum Gasteiger partial charge on any atom is -0.383 e. The van der Waals surface area contributed by atoms with E-state index in [2.05, 4.69) is 17.1 Å². The van der Waals surface area contributed by atoms with Crippen molar-refractivity contribution in [1.82, 2.24) is 9.55 Å². The normalized spacial score (nSPS) is 11.3. The number of pyridine rings is 1. The number of rotatable bonds is 1. The van der Waals surface area contributed by atoms with Crippen molar-refractivity contribution < 1.29 is 0 Å². The van der Waals surface area contributed by atoms with E-state index in [4.69, 9.17) is 17.3 Å². The van der Waals surface area contributed by atoms with Crippen molar-refractivity contribution in [3.8, 4) is 23.3 Å². The molecule has 0 amide bonds. The fourth-order valence-corrected chi connectivity index (χ4v) is 3.02. The molecule has 0 atom stereocenters. The van der Waals surface area contributed by atoms with Crippen LogP contribution >= 0.6 is 11.6 Å². The molecule has 6 heteroatoms. The molecule has 0 aliphatic heterocycles. The third-order valence-electron chi connectivity index (χ3n) is 4.05. The summed E-state index contributed by atoms with van der Waals surface area (Å²) in [4.78, 5) is 4.43. The van der Waals surface area contributed by atoms with Gasteiger partial charge in [-0.2, -0.15) is 10.5 Å². The lowest BCUT2D eigenvalue weighted by Gasteiger charge is -2.22. The first-order valence-corrected chi connectivity index (χ1v) is 8.07. The number of nitrogen functional groups attached to an aromatic ring is 1. The van der Waals surface area contributed by atoms with Crippen LogP contribution in [-0.4, -0.2) is 9.55 Å². The highest BCUT2D eigenvalue weighted by Gasteiger charge is 2.25. The number of anilines is 1. The summed E-state index contributed by atoms with van der Waals surface area (Å²) in [5, 5.41) is 20.5. The maximum atomic E-state index is 9.64. The number of aromatic nitrogens is 2. The molecule has 124 valence electrons. The van der Waals surface area contributed by atoms with Gasteiger partial charge in [-0.05, 0) is 38.5 Å². The smallest absolute Gasteiger partial charge is 0.144 e. The molecule has 3 rings (SSSR count). The second-order valence-electron chi connectivity index (χ2n) is 6.76. The number of halogens is 1. The van der Waals surface area contributed by atoms with Gasteiger partial charge >= 0.3 is 0 Å². The van der Waals surface area contributed by atoms with E-state index < -0.39 is 0 Å². The lowest BCUT2D eigenvalue weighted by molar-refractivity contribution is 0.408. The van der Waals surface area contributed by atoms with Gasteiger partial charge in [-0.25, -0.2) is 4.98 Å². The van der Waals surface area contributed by atoms with Crippen LogP contribution in [0.2, 0.25) is 5.02 Å². The molecule has 2 heterocycles. The molecule has 0 radical (unpaired) electrons. The highest BCUT2D eigenvalue weighted by molar-refractivity contribution is 6.30. The van der Waals surface area contributed by atoms with Crippen LogP contribution < -0.4 is 5.73 Å². The first kappa shape index (κ1) is 16.8. The van der Waals surface area contributed by atoms with Gasteiger partial charge in [0.25, 0.3) is 0 Å². The van der Waals surface area contributed by atoms with E-state index in [1.807, 2.05) is 37.5 Å². The molecule has 2 aromatic heterocycles. The molecule has 1 aromatic carbocycles. The van der Waals surface area contributed by atoms with Crippen molar-refractivity contribution in [2.75, 3.05) is 5.73 Å². The Morgan fingerprint density at radius 2 is 1.76 bits per heavy atom. The summed E-state index contributed by atoms with van der Waals surface area (Å²) < 4.78 is 1.91. The maximum absolute atomic E-state index is 9.64. The highest BCUT2D eigenvalue weighted by Crippen LogP contribution is 2.38. The molecule has 2 N–H and O–H groups in total. The second-order valence-corrected chi connectivity index (χ2v) is 7.20. The van der Waals surface area contributed by atoms with Crippen LogP contribution in [0.5, 0.6) is 0 Å². The fraction of sp³-hybridized carbons (Fsp3) is 0.211. The molecule has 5 nitrogen and oxygen atoms in total. The Labute approximate surface area is 150 Å². The molecule has 0 unspecified atom stereocenters. The van der Waals surface area contributed by atoms with Crippen molar-refractivity contribution in [2.24, 2.45) is 0 Å². The Bertz CT molecular complexity index is 1060. The van der Waals surface area contributed by atoms with Gasteiger partial charge in [0.1, 0.15) is 29.2 Å². The minimum atomic E-state index is -0.293. The zero-order valence-electron chi connectivity index (χ0n) is 14.1. The standard InChI is InChI=1S/C19H16ClN5/c1-19(2,3)25-10-12(8-21)16-15(11-4-6-13(20)7-5-11)14(9-22)17(23)24-18(16)25/h4-7,10H,1-3H3,(H2,23,24). The summed E-state index contributed by atoms with van der Waals surface area (Å²) in [6.45, 7) is 6.06. The van der Waals surface area contributed by atoms with Crippen molar-refractivity contribution in [3.63, 3.8) is 0 Å². The van der Waals surface area contributed by atoms with Gasteiger partial charge in [-0.15, -0.1) is 0 Å². The van der Waals surface area contributed by atoms with Crippen LogP contribution in [0.15, 0.2) is 30.5 Å². The van der Waals surface area contributed by atoms with Gasteiger partial charge < -0.3 is 10.3 Å². The number of benzene rings is 1. The molecule has 0 aliphatic rings. The van der Waals surface area contributed by atoms with Crippen molar-refractivity contribution in [1.29, 1.82) is 10.5 Å². The second kappa shape index (κ2) is 5.81. The Balaban J connectivity index is 2.54. The van der Waals surface area contributed by atoms with E-state index >= 15 is 0 Å². The quantitative estimate of drug-likeness (QED) is 0.703. The number of nitriles is 2. The fourth-order valence-electron chi connectivity index (χ4n) is 2.89. The predicted molar refractivity (Wildman–Crippen MR) is 99.0 cm³/mol. The average molecular weight is 350 g/mol. The lowest BCUT2D eigenvalue weighted by atomic mass is 9.96. The Morgan fingerprint density at radius 3 is 2.28 bits per heavy atom. The molecule has 25 heavy (non-hydrogen) atoms. The lowest BCUT2D eigenvalue weighted by Crippen LogP contribution is -2.21. The third-order valence-corrected chi connectivity index (χ3v) is 4.30. The van der Waals surface area contributed by atoms with Crippen LogP contribution in [-0.2, 0) is 5.54 Å². The van der Waals surface area contributed by atoms with Gasteiger partial charge in [-0.3, -0.25) is 0 Å². The monoisotopic (exact) mass is 349 g/mol. The van der Waals surface area contributed by atoms with E-state index in [0.717, 1.165) is 5.56 Å². The SMILES string of the molecule is CC(C)(C)n1cc(C#N)c2c(-c3ccc(Cl)cc3)c(C#N)c(N)nc21. The van der Waals surface area contributed by atoms with Crippen LogP contribution in [0.1, 0.15) is 31.9 Å². The molecule has 0 aliphatic carbocycles. The van der Waals surface area contributed by atoms with Gasteiger partial charge in [0.15, 0.2) is 0 Å². The molecule has 0 fully saturated rings. The summed E-state index contributed by atoms with van der Waals surface area (Å²) in [5.41, 5.74) is 8.47. The van der Waals surface area contributed by atoms with E-state index in [9.17, 15) is 10.5 Å². The van der Waals surface area contributed by atoms with Crippen LogP contribution in [0.3, 0.4) is 0 Å². The Morgan fingerprint density at radius 1 is 1.12 bits per heavy atom. The summed E-state index contributed by atoms with van der Waals surface area (Å²) >= 11 is 5.99. The van der Waals surface area contributed by atoms with E-state index in [-0.39, 0.29) is 16.9 Å². The molecular formula is C19H16ClN5. The zero-order chi connectivity index (χ0) is 18.4. The van der Waals surface area contributed by atoms with E-state index in [0.29, 0.717) is 27.2 Å². The van der Waals surface area contributed by atoms with Crippen molar-refractivity contribution in [2.45, 2.75) is 26.3 Å². The molecule has 0 saturated carbocycles. The number of hydrogen-bond acceptors (Lipinski definition) is 4. The van der Waals surface area contributed by atoms with E-state index in [1.54, 1.807) is 18.3 Å². The summed E-state index contributed by atoms with van der Waals surface area (Å²) in [5.74, 6) is 0.146. The number of hydrogen-bond donors (Lipinski definition) is 1. The Hall–Kier alpha value is -3.02. The molecule has 0 saturated heterocycles. The van der Waals surface area contributed by atoms with Gasteiger partial charge in [0, 0.05) is 27.7 Å². The summed E-state index contributed by atoms with van der Waals surface area (Å²) in [6.07, 6.45) is 1.76. The van der Waals surface area contributed by atoms with Crippen LogP contribution in [0.4, 0.5) is 5.82 Å². The van der Waals surface area contributed by atoms with E-state index in [1.165, 1.54) is 0 Å². The summed E-state index contributed by atoms with van der Waals surface area (Å²) in [7, 11) is 0. The first-order chi connectivity index (χ1) is 11.8. The molecule has 3 aromatic rings. The molecule has 0 bridgehead atoms. The minimum absolute atomic E-state index is 0.146. The summed E-state index contributed by atoms with van der Waals surface area (Å²) in [6, 6.07) is 11.5. The largest absolute Gasteiger partial charge is 0.383 e. The van der Waals surface area contributed by atoms with Crippen molar-refractivity contribution >= 4 is 28.5 Å². The first-order valence-electron chi connectivity index (χ1n) is 7.69. The van der Waals surface area contributed by atoms with Crippen LogP contribution in [0, 0.1) is 22.7 Å². The topological polar surface area (TPSA) is 91.4 Å². The number of nitrogens with two attached hydrogens (primary N) is 1.